The van der Waals surface area contributed by atoms with Gasteiger partial charge in [0.2, 0.25) is 0 Å². The van der Waals surface area contributed by atoms with Gasteiger partial charge >= 0.3 is 0 Å². The molecule has 0 aromatic rings. The molecule has 0 aliphatic carbocycles. The van der Waals surface area contributed by atoms with E-state index in [0.717, 1.165) is 51.7 Å². The van der Waals surface area contributed by atoms with Gasteiger partial charge in [0, 0.05) is 13.2 Å². The van der Waals surface area contributed by atoms with E-state index in [4.69, 9.17) is 9.47 Å². The fourth-order valence-electron chi connectivity index (χ4n) is 3.23. The van der Waals surface area contributed by atoms with Crippen LogP contribution in [0.15, 0.2) is 24.8 Å². The minimum absolute atomic E-state index is 0.0224. The first-order chi connectivity index (χ1) is 14.3. The molecule has 0 fully saturated rings. The van der Waals surface area contributed by atoms with Crippen LogP contribution in [-0.2, 0) is 9.47 Å². The maximum atomic E-state index is 6.08. The Labute approximate surface area is 182 Å². The molecule has 0 N–H and O–H groups in total. The lowest BCUT2D eigenvalue weighted by Crippen LogP contribution is -2.19. The highest BCUT2D eigenvalue weighted by Gasteiger charge is 2.09. The Bertz CT molecular complexity index is 398. The Balaban J connectivity index is 3.94. The summed E-state index contributed by atoms with van der Waals surface area (Å²) in [6, 6.07) is 0. The van der Waals surface area contributed by atoms with Gasteiger partial charge in [-0.1, -0.05) is 103 Å². The van der Waals surface area contributed by atoms with E-state index in [2.05, 4.69) is 38.3 Å². The second-order valence-corrected chi connectivity index (χ2v) is 7.89. The minimum atomic E-state index is -0.0224. The van der Waals surface area contributed by atoms with Crippen LogP contribution in [0.1, 0.15) is 117 Å². The van der Waals surface area contributed by atoms with Crippen LogP contribution in [0.5, 0.6) is 0 Å². The summed E-state index contributed by atoms with van der Waals surface area (Å²) >= 11 is 0. The Morgan fingerprint density at radius 3 is 1.79 bits per heavy atom. The number of ether oxygens (including phenoxy) is 2. The van der Waals surface area contributed by atoms with Gasteiger partial charge in [0.25, 0.3) is 0 Å². The van der Waals surface area contributed by atoms with E-state index in [0.29, 0.717) is 0 Å². The monoisotopic (exact) mass is 404 g/mol. The summed E-state index contributed by atoms with van der Waals surface area (Å²) in [6.07, 6.45) is 25.6. The predicted octanol–water partition coefficient (Wildman–Crippen LogP) is 8.37. The van der Waals surface area contributed by atoms with Gasteiger partial charge in [-0.05, 0) is 50.7 Å². The lowest BCUT2D eigenvalue weighted by molar-refractivity contribution is -0.148. The highest BCUT2D eigenvalue weighted by Crippen LogP contribution is 2.13. The predicted molar refractivity (Wildman–Crippen MR) is 128 cm³/mol. The summed E-state index contributed by atoms with van der Waals surface area (Å²) in [6.45, 7) is 9.79. The summed E-state index contributed by atoms with van der Waals surface area (Å²) in [5.41, 5.74) is 0. The standard InChI is InChI=1S/C27H48O2/c1-4-7-10-13-16-17-18-21-24-27(28-25-22-19-14-11-8-5-2)29-26-23-20-15-12-9-6-3/h4,13,16,27H,1,5-6,8-9,11-12,14-15,17-26H2,2-3H3/b16-13+. The smallest absolute Gasteiger partial charge is 0.157 e. The molecule has 0 aliphatic heterocycles. The zero-order chi connectivity index (χ0) is 21.3. The van der Waals surface area contributed by atoms with Crippen LogP contribution < -0.4 is 0 Å². The van der Waals surface area contributed by atoms with Crippen molar-refractivity contribution in [3.05, 3.63) is 24.8 Å². The van der Waals surface area contributed by atoms with E-state index < -0.39 is 0 Å². The molecule has 0 spiro atoms. The number of hydrogen-bond acceptors (Lipinski definition) is 2. The molecule has 2 nitrogen and oxygen atoms in total. The highest BCUT2D eigenvalue weighted by molar-refractivity contribution is 5.21. The Hall–Kier alpha value is -1.04. The molecular weight excluding hydrogens is 356 g/mol. The Kier molecular flexibility index (Phi) is 24.1. The molecule has 0 heterocycles. The first-order valence-corrected chi connectivity index (χ1v) is 12.3. The number of hydrogen-bond donors (Lipinski definition) is 0. The fourth-order valence-corrected chi connectivity index (χ4v) is 3.23. The average molecular weight is 405 g/mol. The van der Waals surface area contributed by atoms with Crippen molar-refractivity contribution in [3.8, 4) is 11.8 Å². The summed E-state index contributed by atoms with van der Waals surface area (Å²) in [5, 5.41) is 0. The van der Waals surface area contributed by atoms with Crippen LogP contribution in [0.2, 0.25) is 0 Å². The topological polar surface area (TPSA) is 18.5 Å². The van der Waals surface area contributed by atoms with E-state index in [1.54, 1.807) is 6.08 Å². The first kappa shape index (κ1) is 28.0. The third-order valence-corrected chi connectivity index (χ3v) is 5.05. The maximum absolute atomic E-state index is 6.08. The van der Waals surface area contributed by atoms with Gasteiger partial charge in [-0.15, -0.1) is 0 Å². The second kappa shape index (κ2) is 25.0. The Morgan fingerprint density at radius 2 is 1.24 bits per heavy atom. The molecule has 0 saturated heterocycles. The first-order valence-electron chi connectivity index (χ1n) is 12.3. The van der Waals surface area contributed by atoms with Crippen molar-refractivity contribution < 1.29 is 9.47 Å². The molecule has 0 radical (unpaired) electrons. The number of rotatable bonds is 21. The van der Waals surface area contributed by atoms with Gasteiger partial charge in [0.05, 0.1) is 0 Å². The SMILES string of the molecule is C=CC#C/C=C/CCCCC(OCCCCCCCC)OCCCCCCCC. The van der Waals surface area contributed by atoms with Crippen molar-refractivity contribution in [2.24, 2.45) is 0 Å². The third kappa shape index (κ3) is 23.1. The molecule has 0 unspecified atom stereocenters. The summed E-state index contributed by atoms with van der Waals surface area (Å²) in [5.74, 6) is 5.78. The highest BCUT2D eigenvalue weighted by atomic mass is 16.7. The molecule has 0 amide bonds. The quantitative estimate of drug-likeness (QED) is 0.109. The molecule has 0 saturated carbocycles. The van der Waals surface area contributed by atoms with Crippen molar-refractivity contribution in [2.45, 2.75) is 123 Å². The van der Waals surface area contributed by atoms with Crippen LogP contribution >= 0.6 is 0 Å². The number of unbranched alkanes of at least 4 members (excludes halogenated alkanes) is 12. The van der Waals surface area contributed by atoms with E-state index in [-0.39, 0.29) is 6.29 Å². The van der Waals surface area contributed by atoms with Gasteiger partial charge in [-0.2, -0.15) is 0 Å². The van der Waals surface area contributed by atoms with Gasteiger partial charge < -0.3 is 9.47 Å². The molecular formula is C27H48O2. The van der Waals surface area contributed by atoms with Crippen molar-refractivity contribution in [3.63, 3.8) is 0 Å². The maximum Gasteiger partial charge on any atom is 0.157 e. The van der Waals surface area contributed by atoms with E-state index in [1.165, 1.54) is 64.2 Å². The lowest BCUT2D eigenvalue weighted by atomic mass is 10.1. The molecule has 0 aliphatic rings. The zero-order valence-corrected chi connectivity index (χ0v) is 19.6. The van der Waals surface area contributed by atoms with Gasteiger partial charge in [-0.25, -0.2) is 0 Å². The van der Waals surface area contributed by atoms with Crippen LogP contribution in [0.25, 0.3) is 0 Å². The van der Waals surface area contributed by atoms with Gasteiger partial charge in [0.15, 0.2) is 6.29 Å². The van der Waals surface area contributed by atoms with Crippen molar-refractivity contribution in [2.75, 3.05) is 13.2 Å². The average Bonchev–Trinajstić information content (AvgIpc) is 2.73. The van der Waals surface area contributed by atoms with Crippen LogP contribution in [0.4, 0.5) is 0 Å². The van der Waals surface area contributed by atoms with Crippen LogP contribution in [0, 0.1) is 11.8 Å². The number of allylic oxidation sites excluding steroid dienone is 3. The molecule has 0 aromatic carbocycles. The van der Waals surface area contributed by atoms with Crippen LogP contribution in [-0.4, -0.2) is 19.5 Å². The second-order valence-electron chi connectivity index (χ2n) is 7.89. The summed E-state index contributed by atoms with van der Waals surface area (Å²) < 4.78 is 12.2. The largest absolute Gasteiger partial charge is 0.353 e. The van der Waals surface area contributed by atoms with E-state index >= 15 is 0 Å². The van der Waals surface area contributed by atoms with Crippen LogP contribution in [0.3, 0.4) is 0 Å². The van der Waals surface area contributed by atoms with E-state index in [9.17, 15) is 0 Å². The fraction of sp³-hybridized carbons (Fsp3) is 0.778. The summed E-state index contributed by atoms with van der Waals surface area (Å²) in [4.78, 5) is 0. The van der Waals surface area contributed by atoms with Gasteiger partial charge in [-0.3, -0.25) is 0 Å². The normalized spacial score (nSPS) is 11.1. The molecule has 0 rings (SSSR count). The van der Waals surface area contributed by atoms with Crippen molar-refractivity contribution in [1.29, 1.82) is 0 Å². The third-order valence-electron chi connectivity index (χ3n) is 5.05. The molecule has 168 valence electrons. The molecule has 2 heteroatoms. The zero-order valence-electron chi connectivity index (χ0n) is 19.6. The van der Waals surface area contributed by atoms with Crippen molar-refractivity contribution in [1.82, 2.24) is 0 Å². The lowest BCUT2D eigenvalue weighted by Gasteiger charge is -2.19. The molecule has 29 heavy (non-hydrogen) atoms. The Morgan fingerprint density at radius 1 is 0.690 bits per heavy atom. The molecule has 0 aromatic heterocycles. The van der Waals surface area contributed by atoms with Crippen molar-refractivity contribution >= 4 is 0 Å². The summed E-state index contributed by atoms with van der Waals surface area (Å²) in [7, 11) is 0. The molecule has 0 bridgehead atoms. The minimum Gasteiger partial charge on any atom is -0.353 e. The van der Waals surface area contributed by atoms with E-state index in [1.807, 2.05) is 6.08 Å². The van der Waals surface area contributed by atoms with Gasteiger partial charge in [0.1, 0.15) is 0 Å². The molecule has 0 atom stereocenters.